The summed E-state index contributed by atoms with van der Waals surface area (Å²) < 4.78 is 0. The highest BCUT2D eigenvalue weighted by Crippen LogP contribution is 2.28. The minimum atomic E-state index is 0.307. The van der Waals surface area contributed by atoms with Crippen LogP contribution >= 0.6 is 11.6 Å². The maximum atomic E-state index is 5.73. The molecule has 0 radical (unpaired) electrons. The molecule has 2 unspecified atom stereocenters. The van der Waals surface area contributed by atoms with E-state index in [2.05, 4.69) is 22.2 Å². The molecule has 3 nitrogen and oxygen atoms in total. The second kappa shape index (κ2) is 5.48. The summed E-state index contributed by atoms with van der Waals surface area (Å²) in [6.07, 6.45) is 7.08. The predicted molar refractivity (Wildman–Crippen MR) is 66.7 cm³/mol. The van der Waals surface area contributed by atoms with Crippen LogP contribution < -0.4 is 5.32 Å². The number of halogens is 1. The third kappa shape index (κ3) is 3.34. The summed E-state index contributed by atoms with van der Waals surface area (Å²) in [7, 11) is 0. The number of nitrogens with zero attached hydrogens (tertiary/aromatic N) is 2. The van der Waals surface area contributed by atoms with Crippen molar-refractivity contribution in [2.24, 2.45) is 11.8 Å². The van der Waals surface area contributed by atoms with E-state index in [1.54, 1.807) is 6.20 Å². The monoisotopic (exact) mass is 239 g/mol. The van der Waals surface area contributed by atoms with Crippen molar-refractivity contribution in [3.05, 3.63) is 17.5 Å². The Bertz CT molecular complexity index is 343. The topological polar surface area (TPSA) is 37.8 Å². The third-order valence-corrected chi connectivity index (χ3v) is 3.43. The molecule has 0 aliphatic heterocycles. The van der Waals surface area contributed by atoms with E-state index >= 15 is 0 Å². The Kier molecular flexibility index (Phi) is 3.99. The van der Waals surface area contributed by atoms with Gasteiger partial charge in [-0.3, -0.25) is 0 Å². The fourth-order valence-electron chi connectivity index (χ4n) is 2.43. The molecule has 1 N–H and O–H groups in total. The Morgan fingerprint density at radius 3 is 3.12 bits per heavy atom. The number of aromatic nitrogens is 2. The van der Waals surface area contributed by atoms with Crippen LogP contribution in [0.25, 0.3) is 0 Å². The Balaban J connectivity index is 1.82. The molecule has 4 heteroatoms. The van der Waals surface area contributed by atoms with Crippen LogP contribution in [-0.4, -0.2) is 16.5 Å². The maximum Gasteiger partial charge on any atom is 0.224 e. The highest BCUT2D eigenvalue weighted by atomic mass is 35.5. The molecule has 1 aromatic rings. The van der Waals surface area contributed by atoms with Crippen molar-refractivity contribution in [1.29, 1.82) is 0 Å². The average molecular weight is 240 g/mol. The molecular weight excluding hydrogens is 222 g/mol. The van der Waals surface area contributed by atoms with Gasteiger partial charge < -0.3 is 5.32 Å². The van der Waals surface area contributed by atoms with Crippen molar-refractivity contribution < 1.29 is 0 Å². The molecule has 1 saturated carbocycles. The third-order valence-electron chi connectivity index (χ3n) is 3.24. The van der Waals surface area contributed by atoms with E-state index in [0.717, 1.165) is 24.2 Å². The normalized spacial score (nSPS) is 25.4. The maximum absolute atomic E-state index is 5.73. The zero-order valence-corrected chi connectivity index (χ0v) is 10.4. The highest BCUT2D eigenvalue weighted by molar-refractivity contribution is 6.28. The standard InChI is InChI=1S/C12H18ClN3/c1-9-3-2-4-10(7-9)8-15-11-5-6-14-12(13)16-11/h5-6,9-10H,2-4,7-8H2,1H3,(H,14,15,16). The number of hydrogen-bond acceptors (Lipinski definition) is 3. The molecule has 0 bridgehead atoms. The second-order valence-electron chi connectivity index (χ2n) is 4.73. The molecule has 1 fully saturated rings. The first-order valence-corrected chi connectivity index (χ1v) is 6.34. The lowest BCUT2D eigenvalue weighted by atomic mass is 9.82. The molecule has 0 aromatic carbocycles. The van der Waals surface area contributed by atoms with Gasteiger partial charge in [-0.15, -0.1) is 0 Å². The second-order valence-corrected chi connectivity index (χ2v) is 5.07. The quantitative estimate of drug-likeness (QED) is 0.822. The lowest BCUT2D eigenvalue weighted by Crippen LogP contribution is -2.21. The zero-order valence-electron chi connectivity index (χ0n) is 9.62. The summed E-state index contributed by atoms with van der Waals surface area (Å²) in [4.78, 5) is 7.98. The van der Waals surface area contributed by atoms with Gasteiger partial charge in [0.1, 0.15) is 5.82 Å². The van der Waals surface area contributed by atoms with Gasteiger partial charge in [-0.1, -0.05) is 19.8 Å². The Morgan fingerprint density at radius 1 is 1.50 bits per heavy atom. The summed E-state index contributed by atoms with van der Waals surface area (Å²) in [5, 5.41) is 3.65. The van der Waals surface area contributed by atoms with Crippen LogP contribution in [-0.2, 0) is 0 Å². The van der Waals surface area contributed by atoms with Gasteiger partial charge >= 0.3 is 0 Å². The summed E-state index contributed by atoms with van der Waals surface area (Å²) in [6.45, 7) is 3.34. The van der Waals surface area contributed by atoms with E-state index in [-0.39, 0.29) is 0 Å². The molecule has 2 atom stereocenters. The van der Waals surface area contributed by atoms with E-state index in [4.69, 9.17) is 11.6 Å². The van der Waals surface area contributed by atoms with Gasteiger partial charge in [0, 0.05) is 12.7 Å². The van der Waals surface area contributed by atoms with E-state index in [9.17, 15) is 0 Å². The summed E-state index contributed by atoms with van der Waals surface area (Å²) >= 11 is 5.73. The SMILES string of the molecule is CC1CCCC(CNc2ccnc(Cl)n2)C1. The fourth-order valence-corrected chi connectivity index (χ4v) is 2.57. The van der Waals surface area contributed by atoms with Crippen molar-refractivity contribution >= 4 is 17.4 Å². The summed E-state index contributed by atoms with van der Waals surface area (Å²) in [5.74, 6) is 2.48. The van der Waals surface area contributed by atoms with Gasteiger partial charge in [0.05, 0.1) is 0 Å². The Morgan fingerprint density at radius 2 is 2.38 bits per heavy atom. The van der Waals surface area contributed by atoms with Crippen molar-refractivity contribution in [3.63, 3.8) is 0 Å². The van der Waals surface area contributed by atoms with Crippen LogP contribution in [0.5, 0.6) is 0 Å². The Labute approximate surface area is 102 Å². The summed E-state index contributed by atoms with van der Waals surface area (Å²) in [6, 6.07) is 1.86. The van der Waals surface area contributed by atoms with Crippen LogP contribution in [0.1, 0.15) is 32.6 Å². The van der Waals surface area contributed by atoms with Crippen LogP contribution in [0, 0.1) is 11.8 Å². The van der Waals surface area contributed by atoms with Gasteiger partial charge in [0.25, 0.3) is 0 Å². The van der Waals surface area contributed by atoms with Gasteiger partial charge in [0.15, 0.2) is 0 Å². The number of nitrogens with one attached hydrogen (secondary N) is 1. The molecule has 1 aliphatic carbocycles. The molecule has 0 amide bonds. The molecule has 0 saturated heterocycles. The van der Waals surface area contributed by atoms with Crippen molar-refractivity contribution in [1.82, 2.24) is 9.97 Å². The van der Waals surface area contributed by atoms with E-state index < -0.39 is 0 Å². The van der Waals surface area contributed by atoms with Crippen LogP contribution in [0.3, 0.4) is 0 Å². The van der Waals surface area contributed by atoms with Gasteiger partial charge in [-0.2, -0.15) is 0 Å². The zero-order chi connectivity index (χ0) is 11.4. The predicted octanol–water partition coefficient (Wildman–Crippen LogP) is 3.37. The van der Waals surface area contributed by atoms with Crippen LogP contribution in [0.15, 0.2) is 12.3 Å². The minimum Gasteiger partial charge on any atom is -0.370 e. The molecule has 1 aromatic heterocycles. The minimum absolute atomic E-state index is 0.307. The number of hydrogen-bond donors (Lipinski definition) is 1. The van der Waals surface area contributed by atoms with Crippen LogP contribution in [0.2, 0.25) is 5.28 Å². The fraction of sp³-hybridized carbons (Fsp3) is 0.667. The number of rotatable bonds is 3. The lowest BCUT2D eigenvalue weighted by molar-refractivity contribution is 0.293. The van der Waals surface area contributed by atoms with Crippen molar-refractivity contribution in [2.75, 3.05) is 11.9 Å². The lowest BCUT2D eigenvalue weighted by Gasteiger charge is -2.26. The van der Waals surface area contributed by atoms with E-state index in [1.165, 1.54) is 25.7 Å². The highest BCUT2D eigenvalue weighted by Gasteiger charge is 2.18. The average Bonchev–Trinajstić information content (AvgIpc) is 2.27. The first-order chi connectivity index (χ1) is 7.74. The summed E-state index contributed by atoms with van der Waals surface area (Å²) in [5.41, 5.74) is 0. The smallest absolute Gasteiger partial charge is 0.224 e. The first kappa shape index (κ1) is 11.6. The number of anilines is 1. The van der Waals surface area contributed by atoms with Gasteiger partial charge in [-0.05, 0) is 42.3 Å². The van der Waals surface area contributed by atoms with E-state index in [0.29, 0.717) is 5.28 Å². The Hall–Kier alpha value is -0.830. The largest absolute Gasteiger partial charge is 0.370 e. The molecule has 16 heavy (non-hydrogen) atoms. The van der Waals surface area contributed by atoms with Crippen molar-refractivity contribution in [2.45, 2.75) is 32.6 Å². The van der Waals surface area contributed by atoms with Crippen molar-refractivity contribution in [3.8, 4) is 0 Å². The van der Waals surface area contributed by atoms with Gasteiger partial charge in [0.2, 0.25) is 5.28 Å². The van der Waals surface area contributed by atoms with E-state index in [1.807, 2.05) is 6.07 Å². The first-order valence-electron chi connectivity index (χ1n) is 5.96. The molecule has 0 spiro atoms. The molecule has 88 valence electrons. The molecule has 1 aliphatic rings. The van der Waals surface area contributed by atoms with Gasteiger partial charge in [-0.25, -0.2) is 9.97 Å². The van der Waals surface area contributed by atoms with Crippen LogP contribution in [0.4, 0.5) is 5.82 Å². The molecule has 2 rings (SSSR count). The molecular formula is C12H18ClN3. The molecule has 1 heterocycles.